The number of benzene rings is 1. The van der Waals surface area contributed by atoms with Crippen LogP contribution in [0.15, 0.2) is 41.0 Å². The number of rotatable bonds is 6. The van der Waals surface area contributed by atoms with Gasteiger partial charge in [-0.25, -0.2) is 0 Å². The van der Waals surface area contributed by atoms with Gasteiger partial charge in [-0.2, -0.15) is 0 Å². The third kappa shape index (κ3) is 4.42. The van der Waals surface area contributed by atoms with Gasteiger partial charge in [-0.3, -0.25) is 14.4 Å². The van der Waals surface area contributed by atoms with Gasteiger partial charge in [0.2, 0.25) is 0 Å². The van der Waals surface area contributed by atoms with E-state index in [4.69, 9.17) is 9.52 Å². The Morgan fingerprint density at radius 3 is 2.68 bits per heavy atom. The first-order valence-electron chi connectivity index (χ1n) is 9.40. The van der Waals surface area contributed by atoms with E-state index >= 15 is 0 Å². The van der Waals surface area contributed by atoms with Crippen LogP contribution >= 0.6 is 0 Å². The molecule has 3 rings (SSSR count). The molecule has 148 valence electrons. The number of aryl methyl sites for hydroxylation is 1. The maximum absolute atomic E-state index is 13.2. The van der Waals surface area contributed by atoms with E-state index in [2.05, 4.69) is 5.32 Å². The van der Waals surface area contributed by atoms with E-state index in [1.54, 1.807) is 36.1 Å². The number of carbonyl (C=O) groups excluding carboxylic acids is 2. The van der Waals surface area contributed by atoms with Gasteiger partial charge in [0, 0.05) is 30.3 Å². The topological polar surface area (TPSA) is 99.8 Å². The van der Waals surface area contributed by atoms with E-state index in [1.807, 2.05) is 6.07 Å². The number of carbonyl (C=O) groups is 3. The molecule has 0 aliphatic carbocycles. The Labute approximate surface area is 163 Å². The molecule has 1 fully saturated rings. The number of aliphatic carboxylic acids is 1. The van der Waals surface area contributed by atoms with Crippen LogP contribution in [0.3, 0.4) is 0 Å². The summed E-state index contributed by atoms with van der Waals surface area (Å²) in [6.07, 6.45) is 3.72. The van der Waals surface area contributed by atoms with E-state index in [0.29, 0.717) is 29.8 Å². The Balaban J connectivity index is 1.73. The number of nitrogens with zero attached hydrogens (tertiary/aromatic N) is 1. The third-order valence-corrected chi connectivity index (χ3v) is 5.00. The van der Waals surface area contributed by atoms with E-state index in [-0.39, 0.29) is 30.0 Å². The zero-order valence-electron chi connectivity index (χ0n) is 15.8. The normalized spacial score (nSPS) is 16.6. The molecule has 7 heteroatoms. The van der Waals surface area contributed by atoms with Crippen LogP contribution in [-0.2, 0) is 11.2 Å². The Morgan fingerprint density at radius 1 is 1.21 bits per heavy atom. The molecule has 2 aromatic rings. The fraction of sp³-hybridized carbons (Fsp3) is 0.381. The number of amides is 2. The van der Waals surface area contributed by atoms with Gasteiger partial charge in [-0.1, -0.05) is 18.2 Å². The summed E-state index contributed by atoms with van der Waals surface area (Å²) in [5, 5.41) is 12.0. The third-order valence-electron chi connectivity index (χ3n) is 5.00. The number of carboxylic acid groups (broad SMARTS) is 1. The molecule has 1 aliphatic rings. The second-order valence-corrected chi connectivity index (χ2v) is 7.01. The molecule has 28 heavy (non-hydrogen) atoms. The Bertz CT molecular complexity index is 859. The van der Waals surface area contributed by atoms with Crippen LogP contribution in [0.4, 0.5) is 0 Å². The fourth-order valence-corrected chi connectivity index (χ4v) is 3.58. The first-order chi connectivity index (χ1) is 13.5. The Morgan fingerprint density at radius 2 is 1.96 bits per heavy atom. The minimum absolute atomic E-state index is 0.138. The minimum Gasteiger partial charge on any atom is -0.481 e. The van der Waals surface area contributed by atoms with Crippen LogP contribution < -0.4 is 5.32 Å². The SMILES string of the molecule is Cc1coc(CC(=O)O)c1C(=O)N1CCCCC1CNC(=O)c1ccccc1. The van der Waals surface area contributed by atoms with Gasteiger partial charge in [0.15, 0.2) is 0 Å². The van der Waals surface area contributed by atoms with E-state index in [1.165, 1.54) is 6.26 Å². The van der Waals surface area contributed by atoms with Gasteiger partial charge < -0.3 is 19.7 Å². The molecule has 1 unspecified atom stereocenters. The number of furan rings is 1. The van der Waals surface area contributed by atoms with Gasteiger partial charge in [-0.05, 0) is 38.3 Å². The molecule has 1 saturated heterocycles. The molecule has 1 aromatic carbocycles. The van der Waals surface area contributed by atoms with Crippen molar-refractivity contribution >= 4 is 17.8 Å². The zero-order valence-corrected chi connectivity index (χ0v) is 15.8. The van der Waals surface area contributed by atoms with Crippen LogP contribution in [0, 0.1) is 6.92 Å². The molecule has 2 amide bonds. The molecule has 2 N–H and O–H groups in total. The molecule has 0 saturated carbocycles. The summed E-state index contributed by atoms with van der Waals surface area (Å²) in [5.41, 5.74) is 1.52. The zero-order chi connectivity index (χ0) is 20.1. The van der Waals surface area contributed by atoms with Gasteiger partial charge in [0.1, 0.15) is 12.2 Å². The molecule has 1 aromatic heterocycles. The highest BCUT2D eigenvalue weighted by Crippen LogP contribution is 2.24. The first-order valence-corrected chi connectivity index (χ1v) is 9.40. The smallest absolute Gasteiger partial charge is 0.311 e. The summed E-state index contributed by atoms with van der Waals surface area (Å²) in [4.78, 5) is 38.3. The highest BCUT2D eigenvalue weighted by Gasteiger charge is 2.31. The molecule has 1 atom stereocenters. The van der Waals surface area contributed by atoms with E-state index in [0.717, 1.165) is 19.3 Å². The number of hydrogen-bond acceptors (Lipinski definition) is 4. The summed E-state index contributed by atoms with van der Waals surface area (Å²) >= 11 is 0. The number of piperidine rings is 1. The lowest BCUT2D eigenvalue weighted by Crippen LogP contribution is -2.49. The summed E-state index contributed by atoms with van der Waals surface area (Å²) < 4.78 is 5.31. The van der Waals surface area contributed by atoms with Crippen molar-refractivity contribution in [3.63, 3.8) is 0 Å². The summed E-state index contributed by atoms with van der Waals surface area (Å²) in [6.45, 7) is 2.66. The number of nitrogens with one attached hydrogen (secondary N) is 1. The average molecular weight is 384 g/mol. The molecular formula is C21H24N2O5. The van der Waals surface area contributed by atoms with Gasteiger partial charge in [0.05, 0.1) is 11.8 Å². The number of carboxylic acids is 1. The van der Waals surface area contributed by atoms with E-state index in [9.17, 15) is 14.4 Å². The molecular weight excluding hydrogens is 360 g/mol. The van der Waals surface area contributed by atoms with Gasteiger partial charge in [0.25, 0.3) is 11.8 Å². The highest BCUT2D eigenvalue weighted by atomic mass is 16.4. The lowest BCUT2D eigenvalue weighted by molar-refractivity contribution is -0.136. The summed E-state index contributed by atoms with van der Waals surface area (Å²) in [7, 11) is 0. The Kier molecular flexibility index (Phi) is 6.13. The van der Waals surface area contributed by atoms with Crippen molar-refractivity contribution in [1.29, 1.82) is 0 Å². The molecule has 1 aliphatic heterocycles. The predicted molar refractivity (Wildman–Crippen MR) is 102 cm³/mol. The molecule has 7 nitrogen and oxygen atoms in total. The monoisotopic (exact) mass is 384 g/mol. The van der Waals surface area contributed by atoms with Crippen LogP contribution in [0.25, 0.3) is 0 Å². The number of hydrogen-bond donors (Lipinski definition) is 2. The second kappa shape index (κ2) is 8.73. The predicted octanol–water partition coefficient (Wildman–Crippen LogP) is 2.64. The standard InChI is InChI=1S/C21H24N2O5/c1-14-13-28-17(11-18(24)25)19(14)21(27)23-10-6-5-9-16(23)12-22-20(26)15-7-3-2-4-8-15/h2-4,7-8,13,16H,5-6,9-12H2,1H3,(H,22,26)(H,24,25). The Hall–Kier alpha value is -3.09. The van der Waals surface area contributed by atoms with Crippen LogP contribution in [0.1, 0.15) is 51.3 Å². The minimum atomic E-state index is -1.05. The van der Waals surface area contributed by atoms with Crippen molar-refractivity contribution in [2.24, 2.45) is 0 Å². The van der Waals surface area contributed by atoms with Crippen molar-refractivity contribution in [3.8, 4) is 0 Å². The second-order valence-electron chi connectivity index (χ2n) is 7.01. The van der Waals surface area contributed by atoms with Crippen LogP contribution in [0.2, 0.25) is 0 Å². The van der Waals surface area contributed by atoms with Gasteiger partial charge >= 0.3 is 5.97 Å². The van der Waals surface area contributed by atoms with Crippen LogP contribution in [-0.4, -0.2) is 46.9 Å². The quantitative estimate of drug-likeness (QED) is 0.798. The molecule has 0 radical (unpaired) electrons. The first kappa shape index (κ1) is 19.7. The fourth-order valence-electron chi connectivity index (χ4n) is 3.58. The van der Waals surface area contributed by atoms with Crippen molar-refractivity contribution in [2.45, 2.75) is 38.6 Å². The molecule has 0 bridgehead atoms. The maximum atomic E-state index is 13.2. The largest absolute Gasteiger partial charge is 0.481 e. The lowest BCUT2D eigenvalue weighted by atomic mass is 9.99. The van der Waals surface area contributed by atoms with Crippen molar-refractivity contribution in [3.05, 3.63) is 59.0 Å². The van der Waals surface area contributed by atoms with Crippen molar-refractivity contribution < 1.29 is 23.9 Å². The highest BCUT2D eigenvalue weighted by molar-refractivity contribution is 5.98. The maximum Gasteiger partial charge on any atom is 0.311 e. The lowest BCUT2D eigenvalue weighted by Gasteiger charge is -2.36. The summed E-state index contributed by atoms with van der Waals surface area (Å²) in [5.74, 6) is -1.29. The van der Waals surface area contributed by atoms with Crippen molar-refractivity contribution in [1.82, 2.24) is 10.2 Å². The average Bonchev–Trinajstić information content (AvgIpc) is 3.05. The van der Waals surface area contributed by atoms with Crippen LogP contribution in [0.5, 0.6) is 0 Å². The molecule has 2 heterocycles. The number of likely N-dealkylation sites (tertiary alicyclic amines) is 1. The van der Waals surface area contributed by atoms with Crippen molar-refractivity contribution in [2.75, 3.05) is 13.1 Å². The van der Waals surface area contributed by atoms with E-state index < -0.39 is 5.97 Å². The summed E-state index contributed by atoms with van der Waals surface area (Å²) in [6, 6.07) is 8.80. The van der Waals surface area contributed by atoms with Gasteiger partial charge in [-0.15, -0.1) is 0 Å². The molecule has 0 spiro atoms.